The Morgan fingerprint density at radius 2 is 1.95 bits per heavy atom. The summed E-state index contributed by atoms with van der Waals surface area (Å²) in [6.45, 7) is 14.1. The fraction of sp³-hybridized carbons (Fsp3) is 0.476. The van der Waals surface area contributed by atoms with Crippen LogP contribution >= 0.6 is 0 Å². The zero-order chi connectivity index (χ0) is 38.6. The predicted octanol–water partition coefficient (Wildman–Crippen LogP) is 6.64. The third-order valence-corrected chi connectivity index (χ3v) is 12.2. The van der Waals surface area contributed by atoms with Crippen LogP contribution < -0.4 is 14.4 Å². The van der Waals surface area contributed by atoms with Crippen LogP contribution in [0.1, 0.15) is 58.9 Å². The average molecular weight is 751 g/mol. The second-order valence-electron chi connectivity index (χ2n) is 16.4. The van der Waals surface area contributed by atoms with Crippen LogP contribution in [-0.2, 0) is 9.47 Å². The molecular formula is C42H44F2N6O5. The molecular weight excluding hydrogens is 706 g/mol. The molecule has 0 spiro atoms. The van der Waals surface area contributed by atoms with Gasteiger partial charge in [0.05, 0.1) is 35.3 Å². The number of carbonyl (C=O) groups excluding carboxylic acids is 1. The fourth-order valence-electron chi connectivity index (χ4n) is 9.71. The highest BCUT2D eigenvalue weighted by Crippen LogP contribution is 2.48. The van der Waals surface area contributed by atoms with Crippen molar-refractivity contribution in [3.63, 3.8) is 0 Å². The summed E-state index contributed by atoms with van der Waals surface area (Å²) >= 11 is 0. The third kappa shape index (κ3) is 5.51. The molecule has 2 aromatic heterocycles. The Balaban J connectivity index is 1.21. The van der Waals surface area contributed by atoms with E-state index in [1.54, 1.807) is 31.4 Å². The summed E-state index contributed by atoms with van der Waals surface area (Å²) in [4.78, 5) is 34.6. The molecule has 0 radical (unpaired) electrons. The molecule has 2 bridgehead atoms. The number of amides is 1. The molecule has 5 aliphatic heterocycles. The van der Waals surface area contributed by atoms with Crippen molar-refractivity contribution in [3.8, 4) is 35.5 Å². The van der Waals surface area contributed by atoms with Gasteiger partial charge in [-0.1, -0.05) is 42.3 Å². The normalized spacial score (nSPS) is 27.2. The molecule has 0 aliphatic carbocycles. The molecule has 4 saturated heterocycles. The van der Waals surface area contributed by atoms with Gasteiger partial charge in [-0.2, -0.15) is 9.97 Å². The van der Waals surface area contributed by atoms with E-state index in [0.717, 1.165) is 37.9 Å². The molecule has 7 heterocycles. The number of hydrogen-bond donors (Lipinski definition) is 0. The molecule has 55 heavy (non-hydrogen) atoms. The van der Waals surface area contributed by atoms with Gasteiger partial charge in [-0.05, 0) is 58.4 Å². The number of nitrogens with zero attached hydrogens (tertiary/aromatic N) is 6. The number of piperazine rings is 1. The summed E-state index contributed by atoms with van der Waals surface area (Å²) in [6.07, 6.45) is 7.95. The maximum Gasteiger partial charge on any atom is 0.410 e. The first kappa shape index (κ1) is 35.6. The molecule has 0 saturated carbocycles. The van der Waals surface area contributed by atoms with Crippen molar-refractivity contribution in [3.05, 3.63) is 59.7 Å². The van der Waals surface area contributed by atoms with Crippen LogP contribution in [0, 0.1) is 24.0 Å². The molecule has 4 fully saturated rings. The van der Waals surface area contributed by atoms with Crippen molar-refractivity contribution < 1.29 is 32.5 Å². The average Bonchev–Trinajstić information content (AvgIpc) is 3.75. The molecule has 6 atom stereocenters. The minimum absolute atomic E-state index is 0.00358. The third-order valence-electron chi connectivity index (χ3n) is 12.2. The van der Waals surface area contributed by atoms with E-state index in [9.17, 15) is 4.79 Å². The molecule has 5 aliphatic rings. The molecule has 9 rings (SSSR count). The number of benzene rings is 2. The van der Waals surface area contributed by atoms with Gasteiger partial charge in [-0.15, -0.1) is 6.42 Å². The van der Waals surface area contributed by atoms with E-state index < -0.39 is 34.9 Å². The number of hydrogen-bond acceptors (Lipinski definition) is 10. The first-order valence-corrected chi connectivity index (χ1v) is 18.9. The Morgan fingerprint density at radius 1 is 1.13 bits per heavy atom. The number of fused-ring (bicyclic) bond motifs is 7. The number of carbonyl (C=O) groups is 1. The van der Waals surface area contributed by atoms with E-state index in [1.807, 2.05) is 32.6 Å². The zero-order valence-electron chi connectivity index (χ0n) is 31.7. The molecule has 11 nitrogen and oxygen atoms in total. The van der Waals surface area contributed by atoms with E-state index >= 15 is 8.78 Å². The summed E-state index contributed by atoms with van der Waals surface area (Å²) in [5.74, 6) is 1.65. The van der Waals surface area contributed by atoms with Crippen LogP contribution in [0.2, 0.25) is 0 Å². The standard InChI is InChI=1S/C42H44F2N6O5/c1-8-27-29(43)14-12-24-10-9-11-28(31(24)27)34-33(44)35-32-37(47-39(46-35)53-21-42-18-26(52-7)20-48(42)17-16-22(42)2)49-19-25-13-15-30(36(49)23(3)54-38(32)45-34)50(25)40(51)55-41(4,5)6/h1,9-12,14,23,25-26,30,36H,2,13,15-21H2,3-7H3/t23-,25+,26?,30-,36+,42?/m0/s1. The monoisotopic (exact) mass is 750 g/mol. The SMILES string of the molecule is C#Cc1c(F)ccc2cccc(-c3nc4c5c(nc(OCC67CC(OC)CN6CCC7=C)nc5c3F)N3C[C@H]5CC[C@@H]([C@H]3[C@H](C)O4)N5C(=O)OC(C)(C)C)c12. The fourth-order valence-corrected chi connectivity index (χ4v) is 9.71. The number of halogens is 2. The van der Waals surface area contributed by atoms with Crippen LogP contribution in [-0.4, -0.2) is 106 Å². The first-order valence-electron chi connectivity index (χ1n) is 18.9. The number of terminal acetylenes is 1. The molecule has 2 aromatic carbocycles. The van der Waals surface area contributed by atoms with Gasteiger partial charge in [0.1, 0.15) is 46.5 Å². The topological polar surface area (TPSA) is 102 Å². The lowest BCUT2D eigenvalue weighted by atomic mass is 9.90. The Labute approximate surface area is 318 Å². The summed E-state index contributed by atoms with van der Waals surface area (Å²) in [5.41, 5.74) is 0.0554. The summed E-state index contributed by atoms with van der Waals surface area (Å²) < 4.78 is 57.5. The highest BCUT2D eigenvalue weighted by molar-refractivity contribution is 6.03. The molecule has 0 N–H and O–H groups in total. The molecule has 2 unspecified atom stereocenters. The van der Waals surface area contributed by atoms with Crippen LogP contribution in [0.3, 0.4) is 0 Å². The summed E-state index contributed by atoms with van der Waals surface area (Å²) in [5, 5.41) is 1.27. The number of ether oxygens (including phenoxy) is 4. The Kier molecular flexibility index (Phi) is 8.26. The van der Waals surface area contributed by atoms with Crippen molar-refractivity contribution in [1.82, 2.24) is 24.8 Å². The number of rotatable bonds is 5. The lowest BCUT2D eigenvalue weighted by molar-refractivity contribution is 0.000937. The molecule has 1 amide bonds. The van der Waals surface area contributed by atoms with E-state index in [4.69, 9.17) is 40.3 Å². The second kappa shape index (κ2) is 12.7. The van der Waals surface area contributed by atoms with Gasteiger partial charge in [0.25, 0.3) is 0 Å². The lowest BCUT2D eigenvalue weighted by Gasteiger charge is -2.48. The van der Waals surface area contributed by atoms with Crippen molar-refractivity contribution in [2.75, 3.05) is 38.3 Å². The van der Waals surface area contributed by atoms with Crippen LogP contribution in [0.25, 0.3) is 32.9 Å². The summed E-state index contributed by atoms with van der Waals surface area (Å²) in [6, 6.07) is 7.25. The molecule has 13 heteroatoms. The van der Waals surface area contributed by atoms with Gasteiger partial charge in [0, 0.05) is 44.1 Å². The van der Waals surface area contributed by atoms with Gasteiger partial charge in [-0.25, -0.2) is 18.6 Å². The zero-order valence-corrected chi connectivity index (χ0v) is 31.7. The van der Waals surface area contributed by atoms with Crippen molar-refractivity contribution in [2.24, 2.45) is 0 Å². The van der Waals surface area contributed by atoms with E-state index in [2.05, 4.69) is 22.3 Å². The van der Waals surface area contributed by atoms with Crippen LogP contribution in [0.5, 0.6) is 11.9 Å². The van der Waals surface area contributed by atoms with E-state index in [1.165, 1.54) is 6.07 Å². The van der Waals surface area contributed by atoms with E-state index in [0.29, 0.717) is 40.5 Å². The lowest BCUT2D eigenvalue weighted by Crippen LogP contribution is -2.65. The molecule has 4 aromatic rings. The largest absolute Gasteiger partial charge is 0.472 e. The Morgan fingerprint density at radius 3 is 2.71 bits per heavy atom. The predicted molar refractivity (Wildman–Crippen MR) is 203 cm³/mol. The second-order valence-corrected chi connectivity index (χ2v) is 16.4. The maximum atomic E-state index is 17.4. The highest BCUT2D eigenvalue weighted by Gasteiger charge is 2.55. The van der Waals surface area contributed by atoms with Crippen molar-refractivity contribution in [2.45, 2.75) is 94.9 Å². The smallest absolute Gasteiger partial charge is 0.410 e. The maximum absolute atomic E-state index is 17.4. The number of anilines is 1. The van der Waals surface area contributed by atoms with Crippen LogP contribution in [0.4, 0.5) is 19.4 Å². The highest BCUT2D eigenvalue weighted by atomic mass is 19.1. The molecule has 286 valence electrons. The van der Waals surface area contributed by atoms with Gasteiger partial charge in [-0.3, -0.25) is 9.80 Å². The van der Waals surface area contributed by atoms with Crippen molar-refractivity contribution >= 4 is 33.6 Å². The number of pyridine rings is 1. The van der Waals surface area contributed by atoms with Gasteiger partial charge < -0.3 is 23.8 Å². The minimum atomic E-state index is -0.748. The first-order chi connectivity index (χ1) is 26.3. The quantitative estimate of drug-likeness (QED) is 0.163. The van der Waals surface area contributed by atoms with Crippen molar-refractivity contribution in [1.29, 1.82) is 0 Å². The number of methoxy groups -OCH3 is 1. The van der Waals surface area contributed by atoms with Gasteiger partial charge in [0.2, 0.25) is 5.88 Å². The summed E-state index contributed by atoms with van der Waals surface area (Å²) in [7, 11) is 1.71. The van der Waals surface area contributed by atoms with Crippen LogP contribution in [0.15, 0.2) is 42.5 Å². The number of aromatic nitrogens is 3. The van der Waals surface area contributed by atoms with Gasteiger partial charge in [0.15, 0.2) is 5.82 Å². The Hall–Kier alpha value is -5.06. The Bertz CT molecular complexity index is 2320. The van der Waals surface area contributed by atoms with Gasteiger partial charge >= 0.3 is 12.1 Å². The minimum Gasteiger partial charge on any atom is -0.472 e. The van der Waals surface area contributed by atoms with E-state index in [-0.39, 0.29) is 59.6 Å².